The van der Waals surface area contributed by atoms with Crippen LogP contribution in [-0.4, -0.2) is 0 Å². The molecule has 4 heteroatoms. The molecule has 0 aliphatic heterocycles. The third kappa shape index (κ3) is 3.29. The van der Waals surface area contributed by atoms with Crippen molar-refractivity contribution in [2.24, 2.45) is 0 Å². The minimum Gasteiger partial charge on any atom is -0.207 e. The molecule has 0 amide bonds. The highest BCUT2D eigenvalue weighted by Gasteiger charge is 2.15. The first-order chi connectivity index (χ1) is 8.97. The Labute approximate surface area is 114 Å². The molecule has 0 bridgehead atoms. The smallest absolute Gasteiger partial charge is 0.162 e. The molecule has 0 radical (unpaired) electrons. The zero-order valence-corrected chi connectivity index (χ0v) is 11.0. The van der Waals surface area contributed by atoms with Gasteiger partial charge in [0.15, 0.2) is 11.6 Å². The minimum absolute atomic E-state index is 0.105. The highest BCUT2D eigenvalue weighted by molar-refractivity contribution is 6.20. The zero-order valence-electron chi connectivity index (χ0n) is 10.3. The lowest BCUT2D eigenvalue weighted by Gasteiger charge is -2.12. The van der Waals surface area contributed by atoms with Gasteiger partial charge in [-0.05, 0) is 48.2 Å². The normalized spacial score (nSPS) is 12.5. The van der Waals surface area contributed by atoms with E-state index in [9.17, 15) is 13.2 Å². The molecule has 0 N–H and O–H groups in total. The van der Waals surface area contributed by atoms with Crippen LogP contribution in [0.25, 0.3) is 0 Å². The van der Waals surface area contributed by atoms with Crippen LogP contribution in [0.2, 0.25) is 0 Å². The fourth-order valence-corrected chi connectivity index (χ4v) is 2.25. The summed E-state index contributed by atoms with van der Waals surface area (Å²) in [5.74, 6) is -2.20. The number of hydrogen-bond donors (Lipinski definition) is 0. The summed E-state index contributed by atoms with van der Waals surface area (Å²) < 4.78 is 39.9. The maximum Gasteiger partial charge on any atom is 0.162 e. The summed E-state index contributed by atoms with van der Waals surface area (Å²) >= 11 is 6.15. The molecule has 0 saturated carbocycles. The fourth-order valence-electron chi connectivity index (χ4n) is 1.96. The van der Waals surface area contributed by atoms with Crippen LogP contribution in [0.5, 0.6) is 0 Å². The number of benzene rings is 2. The standard InChI is InChI=1S/C15H12ClF3/c1-9-5-11(7-12(17)6-9)13(16)8-10-3-2-4-14(18)15(10)19/h2-7,13H,8H2,1H3. The lowest BCUT2D eigenvalue weighted by Crippen LogP contribution is -2.01. The fraction of sp³-hybridized carbons (Fsp3) is 0.200. The second-order valence-electron chi connectivity index (χ2n) is 4.45. The van der Waals surface area contributed by atoms with Crippen LogP contribution in [-0.2, 0) is 6.42 Å². The molecule has 19 heavy (non-hydrogen) atoms. The summed E-state index contributed by atoms with van der Waals surface area (Å²) in [6.45, 7) is 1.75. The van der Waals surface area contributed by atoms with Gasteiger partial charge in [-0.25, -0.2) is 13.2 Å². The van der Waals surface area contributed by atoms with E-state index in [-0.39, 0.29) is 17.8 Å². The first-order valence-corrected chi connectivity index (χ1v) is 6.25. The van der Waals surface area contributed by atoms with E-state index in [4.69, 9.17) is 11.6 Å². The molecule has 2 aromatic rings. The topological polar surface area (TPSA) is 0 Å². The van der Waals surface area contributed by atoms with Gasteiger partial charge >= 0.3 is 0 Å². The molecule has 0 saturated heterocycles. The summed E-state index contributed by atoms with van der Waals surface area (Å²) in [5.41, 5.74) is 1.48. The van der Waals surface area contributed by atoms with E-state index in [2.05, 4.69) is 0 Å². The number of alkyl halides is 1. The Morgan fingerprint density at radius 3 is 2.53 bits per heavy atom. The molecule has 0 fully saturated rings. The van der Waals surface area contributed by atoms with E-state index in [1.807, 2.05) is 0 Å². The molecule has 0 nitrogen and oxygen atoms in total. The van der Waals surface area contributed by atoms with Gasteiger partial charge in [-0.1, -0.05) is 18.2 Å². The third-order valence-corrected chi connectivity index (χ3v) is 3.26. The van der Waals surface area contributed by atoms with Gasteiger partial charge in [-0.2, -0.15) is 0 Å². The van der Waals surface area contributed by atoms with Crippen molar-refractivity contribution in [2.75, 3.05) is 0 Å². The predicted molar refractivity (Wildman–Crippen MR) is 69.8 cm³/mol. The van der Waals surface area contributed by atoms with Crippen molar-refractivity contribution in [1.82, 2.24) is 0 Å². The van der Waals surface area contributed by atoms with Crippen LogP contribution in [0.1, 0.15) is 22.1 Å². The molecule has 0 spiro atoms. The Kier molecular flexibility index (Phi) is 4.15. The number of hydrogen-bond acceptors (Lipinski definition) is 0. The Hall–Kier alpha value is -1.48. The number of aryl methyl sites for hydroxylation is 1. The van der Waals surface area contributed by atoms with Crippen LogP contribution in [0.3, 0.4) is 0 Å². The molecule has 0 aliphatic carbocycles. The molecule has 0 aliphatic rings. The SMILES string of the molecule is Cc1cc(F)cc(C(Cl)Cc2cccc(F)c2F)c1. The van der Waals surface area contributed by atoms with Crippen molar-refractivity contribution in [1.29, 1.82) is 0 Å². The van der Waals surface area contributed by atoms with Crippen LogP contribution < -0.4 is 0 Å². The number of rotatable bonds is 3. The minimum atomic E-state index is -0.906. The molecule has 1 unspecified atom stereocenters. The summed E-state index contributed by atoms with van der Waals surface area (Å²) in [5, 5.41) is -0.606. The molecular weight excluding hydrogens is 273 g/mol. The molecular formula is C15H12ClF3. The second-order valence-corrected chi connectivity index (χ2v) is 4.97. The van der Waals surface area contributed by atoms with E-state index in [0.29, 0.717) is 5.56 Å². The zero-order chi connectivity index (χ0) is 14.0. The van der Waals surface area contributed by atoms with Gasteiger partial charge in [0, 0.05) is 0 Å². The van der Waals surface area contributed by atoms with Gasteiger partial charge < -0.3 is 0 Å². The van der Waals surface area contributed by atoms with E-state index < -0.39 is 17.0 Å². The maximum absolute atomic E-state index is 13.5. The molecule has 2 rings (SSSR count). The molecule has 100 valence electrons. The van der Waals surface area contributed by atoms with Crippen molar-refractivity contribution < 1.29 is 13.2 Å². The predicted octanol–water partition coefficient (Wildman–Crippen LogP) is 4.93. The Morgan fingerprint density at radius 1 is 1.11 bits per heavy atom. The van der Waals surface area contributed by atoms with Gasteiger partial charge in [0.05, 0.1) is 5.38 Å². The molecule has 0 heterocycles. The quantitative estimate of drug-likeness (QED) is 0.701. The molecule has 2 aromatic carbocycles. The van der Waals surface area contributed by atoms with Crippen LogP contribution in [0, 0.1) is 24.4 Å². The van der Waals surface area contributed by atoms with Crippen LogP contribution in [0.4, 0.5) is 13.2 Å². The van der Waals surface area contributed by atoms with E-state index in [1.54, 1.807) is 13.0 Å². The average Bonchev–Trinajstić information content (AvgIpc) is 2.33. The van der Waals surface area contributed by atoms with E-state index in [1.165, 1.54) is 24.3 Å². The Morgan fingerprint density at radius 2 is 1.84 bits per heavy atom. The van der Waals surface area contributed by atoms with E-state index >= 15 is 0 Å². The average molecular weight is 285 g/mol. The van der Waals surface area contributed by atoms with Crippen molar-refractivity contribution in [2.45, 2.75) is 18.7 Å². The summed E-state index contributed by atoms with van der Waals surface area (Å²) in [6, 6.07) is 8.37. The van der Waals surface area contributed by atoms with Crippen molar-refractivity contribution in [3.8, 4) is 0 Å². The summed E-state index contributed by atoms with van der Waals surface area (Å²) in [4.78, 5) is 0. The van der Waals surface area contributed by atoms with Gasteiger partial charge in [0.25, 0.3) is 0 Å². The van der Waals surface area contributed by atoms with E-state index in [0.717, 1.165) is 11.6 Å². The lowest BCUT2D eigenvalue weighted by molar-refractivity contribution is 0.498. The van der Waals surface area contributed by atoms with Gasteiger partial charge in [-0.3, -0.25) is 0 Å². The first kappa shape index (κ1) is 13.9. The monoisotopic (exact) mass is 284 g/mol. The largest absolute Gasteiger partial charge is 0.207 e. The maximum atomic E-state index is 13.5. The summed E-state index contributed by atoms with van der Waals surface area (Å²) in [6.07, 6.45) is 0.105. The lowest BCUT2D eigenvalue weighted by atomic mass is 10.0. The highest BCUT2D eigenvalue weighted by Crippen LogP contribution is 2.28. The Bertz CT molecular complexity index is 576. The second kappa shape index (κ2) is 5.66. The first-order valence-electron chi connectivity index (χ1n) is 5.81. The van der Waals surface area contributed by atoms with Crippen LogP contribution in [0.15, 0.2) is 36.4 Å². The summed E-state index contributed by atoms with van der Waals surface area (Å²) in [7, 11) is 0. The van der Waals surface area contributed by atoms with Crippen LogP contribution >= 0.6 is 11.6 Å². The third-order valence-electron chi connectivity index (χ3n) is 2.86. The van der Waals surface area contributed by atoms with Gasteiger partial charge in [0.2, 0.25) is 0 Å². The van der Waals surface area contributed by atoms with Crippen molar-refractivity contribution in [3.05, 3.63) is 70.5 Å². The molecule has 0 aromatic heterocycles. The van der Waals surface area contributed by atoms with Crippen molar-refractivity contribution in [3.63, 3.8) is 0 Å². The highest BCUT2D eigenvalue weighted by atomic mass is 35.5. The van der Waals surface area contributed by atoms with Gasteiger partial charge in [-0.15, -0.1) is 11.6 Å². The number of halogens is 4. The molecule has 1 atom stereocenters. The Balaban J connectivity index is 2.25. The van der Waals surface area contributed by atoms with Gasteiger partial charge in [0.1, 0.15) is 5.82 Å². The van der Waals surface area contributed by atoms with Crippen molar-refractivity contribution >= 4 is 11.6 Å².